The third-order valence-electron chi connectivity index (χ3n) is 3.26. The lowest BCUT2D eigenvalue weighted by atomic mass is 10.1. The molecule has 0 aliphatic carbocycles. The van der Waals surface area contributed by atoms with Crippen LogP contribution in [-0.4, -0.2) is 25.8 Å². The first kappa shape index (κ1) is 13.9. The first-order valence-corrected chi connectivity index (χ1v) is 6.58. The number of hydrogen-bond donors (Lipinski definition) is 1. The van der Waals surface area contributed by atoms with Gasteiger partial charge in [0.15, 0.2) is 5.82 Å². The molecule has 0 fully saturated rings. The predicted octanol–water partition coefficient (Wildman–Crippen LogP) is 3.08. The second kappa shape index (κ2) is 5.40. The first-order chi connectivity index (χ1) is 10.6. The summed E-state index contributed by atoms with van der Waals surface area (Å²) in [5, 5.41) is 13.8. The molecule has 110 valence electrons. The summed E-state index contributed by atoms with van der Waals surface area (Å²) >= 11 is 0. The number of carboxylic acids is 1. The third-order valence-corrected chi connectivity index (χ3v) is 3.26. The van der Waals surface area contributed by atoms with Crippen molar-refractivity contribution in [1.82, 2.24) is 14.8 Å². The molecule has 22 heavy (non-hydrogen) atoms. The number of carbonyl (C=O) groups is 1. The van der Waals surface area contributed by atoms with Crippen molar-refractivity contribution in [1.29, 1.82) is 0 Å². The smallest absolute Gasteiger partial charge is 0.339 e. The maximum Gasteiger partial charge on any atom is 0.339 e. The molecule has 0 bridgehead atoms. The van der Waals surface area contributed by atoms with Gasteiger partial charge in [-0.1, -0.05) is 6.07 Å². The van der Waals surface area contributed by atoms with Crippen LogP contribution in [0, 0.1) is 12.7 Å². The Labute approximate surface area is 125 Å². The minimum absolute atomic E-state index is 0.0808. The van der Waals surface area contributed by atoms with E-state index in [1.807, 2.05) is 0 Å². The van der Waals surface area contributed by atoms with Gasteiger partial charge >= 0.3 is 5.97 Å². The van der Waals surface area contributed by atoms with E-state index < -0.39 is 5.97 Å². The van der Waals surface area contributed by atoms with E-state index >= 15 is 0 Å². The van der Waals surface area contributed by atoms with E-state index in [0.717, 1.165) is 0 Å². The zero-order valence-electron chi connectivity index (χ0n) is 11.7. The third kappa shape index (κ3) is 2.35. The Kier molecular flexibility index (Phi) is 3.42. The fraction of sp³-hybridized carbons (Fsp3) is 0.0625. The standard InChI is InChI=1S/C16H12FN3O2/c1-10-14(16(21)22)15(11-5-7-12(17)8-6-11)20(19-10)13-4-2-3-9-18-13/h2-9H,1H3,(H,21,22). The first-order valence-electron chi connectivity index (χ1n) is 6.58. The van der Waals surface area contributed by atoms with Crippen molar-refractivity contribution in [3.63, 3.8) is 0 Å². The van der Waals surface area contributed by atoms with Crippen LogP contribution >= 0.6 is 0 Å². The second-order valence-corrected chi connectivity index (χ2v) is 4.72. The van der Waals surface area contributed by atoms with E-state index in [1.54, 1.807) is 31.3 Å². The molecule has 2 aromatic heterocycles. The molecule has 3 aromatic rings. The van der Waals surface area contributed by atoms with Crippen LogP contribution in [0.3, 0.4) is 0 Å². The van der Waals surface area contributed by atoms with E-state index in [2.05, 4.69) is 10.1 Å². The van der Waals surface area contributed by atoms with Crippen molar-refractivity contribution in [3.05, 3.63) is 65.7 Å². The Bertz CT molecular complexity index is 827. The quantitative estimate of drug-likeness (QED) is 0.806. The minimum atomic E-state index is -1.08. The molecule has 6 heteroatoms. The Morgan fingerprint density at radius 2 is 1.91 bits per heavy atom. The SMILES string of the molecule is Cc1nn(-c2ccccn2)c(-c2ccc(F)cc2)c1C(=O)O. The molecule has 0 unspecified atom stereocenters. The molecule has 2 heterocycles. The lowest BCUT2D eigenvalue weighted by Crippen LogP contribution is -2.04. The van der Waals surface area contributed by atoms with Gasteiger partial charge in [-0.2, -0.15) is 5.10 Å². The highest BCUT2D eigenvalue weighted by Gasteiger charge is 2.23. The number of aromatic carboxylic acids is 1. The normalized spacial score (nSPS) is 10.6. The molecular formula is C16H12FN3O2. The van der Waals surface area contributed by atoms with Gasteiger partial charge in [-0.3, -0.25) is 0 Å². The van der Waals surface area contributed by atoms with Crippen molar-refractivity contribution < 1.29 is 14.3 Å². The van der Waals surface area contributed by atoms with Gasteiger partial charge in [0.05, 0.1) is 11.4 Å². The average molecular weight is 297 g/mol. The number of nitrogens with zero attached hydrogens (tertiary/aromatic N) is 3. The summed E-state index contributed by atoms with van der Waals surface area (Å²) in [5.74, 6) is -0.974. The highest BCUT2D eigenvalue weighted by molar-refractivity contribution is 5.96. The Hall–Kier alpha value is -3.02. The van der Waals surface area contributed by atoms with E-state index in [-0.39, 0.29) is 11.4 Å². The molecule has 0 aliphatic heterocycles. The lowest BCUT2D eigenvalue weighted by Gasteiger charge is -2.07. The van der Waals surface area contributed by atoms with E-state index in [4.69, 9.17) is 0 Å². The number of aryl methyl sites for hydroxylation is 1. The van der Waals surface area contributed by atoms with Crippen molar-refractivity contribution in [2.75, 3.05) is 0 Å². The summed E-state index contributed by atoms with van der Waals surface area (Å²) in [6.07, 6.45) is 1.60. The molecule has 0 amide bonds. The van der Waals surface area contributed by atoms with E-state index in [0.29, 0.717) is 22.8 Å². The summed E-state index contributed by atoms with van der Waals surface area (Å²) in [6, 6.07) is 10.9. The molecule has 0 spiro atoms. The van der Waals surface area contributed by atoms with Crippen molar-refractivity contribution >= 4 is 5.97 Å². The molecule has 1 aromatic carbocycles. The van der Waals surface area contributed by atoms with Gasteiger partial charge < -0.3 is 5.11 Å². The van der Waals surface area contributed by atoms with Gasteiger partial charge in [0.25, 0.3) is 0 Å². The summed E-state index contributed by atoms with van der Waals surface area (Å²) < 4.78 is 14.6. The molecule has 0 saturated heterocycles. The highest BCUT2D eigenvalue weighted by atomic mass is 19.1. The molecular weight excluding hydrogens is 285 g/mol. The van der Waals surface area contributed by atoms with Gasteiger partial charge in [-0.25, -0.2) is 18.9 Å². The Morgan fingerprint density at radius 1 is 1.18 bits per heavy atom. The molecule has 0 atom stereocenters. The Morgan fingerprint density at radius 3 is 2.50 bits per heavy atom. The number of pyridine rings is 1. The van der Waals surface area contributed by atoms with Gasteiger partial charge in [-0.05, 0) is 43.3 Å². The van der Waals surface area contributed by atoms with Crippen LogP contribution in [0.1, 0.15) is 16.1 Å². The number of benzene rings is 1. The van der Waals surface area contributed by atoms with Crippen LogP contribution in [0.4, 0.5) is 4.39 Å². The van der Waals surface area contributed by atoms with Crippen LogP contribution in [0.5, 0.6) is 0 Å². The molecule has 0 radical (unpaired) electrons. The average Bonchev–Trinajstić information content (AvgIpc) is 2.86. The van der Waals surface area contributed by atoms with Gasteiger partial charge in [0.1, 0.15) is 11.4 Å². The van der Waals surface area contributed by atoms with Crippen LogP contribution < -0.4 is 0 Å². The molecule has 0 saturated carbocycles. The number of hydrogen-bond acceptors (Lipinski definition) is 3. The zero-order valence-corrected chi connectivity index (χ0v) is 11.7. The van der Waals surface area contributed by atoms with Crippen LogP contribution in [0.25, 0.3) is 17.1 Å². The fourth-order valence-corrected chi connectivity index (χ4v) is 2.30. The van der Waals surface area contributed by atoms with Crippen molar-refractivity contribution in [2.24, 2.45) is 0 Å². The summed E-state index contributed by atoms with van der Waals surface area (Å²) in [4.78, 5) is 15.8. The maximum atomic E-state index is 13.1. The fourth-order valence-electron chi connectivity index (χ4n) is 2.30. The monoisotopic (exact) mass is 297 g/mol. The predicted molar refractivity (Wildman–Crippen MR) is 78.4 cm³/mol. The molecule has 5 nitrogen and oxygen atoms in total. The van der Waals surface area contributed by atoms with Crippen molar-refractivity contribution in [3.8, 4) is 17.1 Å². The molecule has 0 aliphatic rings. The lowest BCUT2D eigenvalue weighted by molar-refractivity contribution is 0.0697. The van der Waals surface area contributed by atoms with E-state index in [9.17, 15) is 14.3 Å². The number of carboxylic acid groups (broad SMARTS) is 1. The molecule has 1 N–H and O–H groups in total. The maximum absolute atomic E-state index is 13.1. The number of aromatic nitrogens is 3. The summed E-state index contributed by atoms with van der Waals surface area (Å²) in [7, 11) is 0. The Balaban J connectivity index is 2.30. The number of rotatable bonds is 3. The highest BCUT2D eigenvalue weighted by Crippen LogP contribution is 2.28. The number of halogens is 1. The largest absolute Gasteiger partial charge is 0.478 e. The van der Waals surface area contributed by atoms with Crippen molar-refractivity contribution in [2.45, 2.75) is 6.92 Å². The summed E-state index contributed by atoms with van der Waals surface area (Å²) in [5.41, 5.74) is 1.39. The van der Waals surface area contributed by atoms with Gasteiger partial charge in [-0.15, -0.1) is 0 Å². The van der Waals surface area contributed by atoms with Crippen LogP contribution in [0.15, 0.2) is 48.7 Å². The van der Waals surface area contributed by atoms with Crippen LogP contribution in [0.2, 0.25) is 0 Å². The van der Waals surface area contributed by atoms with Gasteiger partial charge in [0.2, 0.25) is 0 Å². The topological polar surface area (TPSA) is 68.0 Å². The zero-order chi connectivity index (χ0) is 15.7. The second-order valence-electron chi connectivity index (χ2n) is 4.72. The molecule has 3 rings (SSSR count). The van der Waals surface area contributed by atoms with E-state index in [1.165, 1.54) is 28.9 Å². The van der Waals surface area contributed by atoms with Gasteiger partial charge in [0, 0.05) is 11.8 Å². The van der Waals surface area contributed by atoms with Crippen LogP contribution in [-0.2, 0) is 0 Å². The minimum Gasteiger partial charge on any atom is -0.478 e. The summed E-state index contributed by atoms with van der Waals surface area (Å²) in [6.45, 7) is 1.62.